The molecule has 0 radical (unpaired) electrons. The summed E-state index contributed by atoms with van der Waals surface area (Å²) in [5.41, 5.74) is 6.37. The minimum Gasteiger partial charge on any atom is -0.297 e. The van der Waals surface area contributed by atoms with Gasteiger partial charge in [0.05, 0.1) is 11.9 Å². The first kappa shape index (κ1) is 19.1. The van der Waals surface area contributed by atoms with Crippen LogP contribution in [0.1, 0.15) is 11.1 Å². The topological polar surface area (TPSA) is 40.5 Å². The van der Waals surface area contributed by atoms with Crippen molar-refractivity contribution in [3.05, 3.63) is 70.9 Å². The highest BCUT2D eigenvalue weighted by Crippen LogP contribution is 2.24. The van der Waals surface area contributed by atoms with Gasteiger partial charge in [0.2, 0.25) is 5.13 Å². The number of thioether (sulfide) groups is 1. The molecule has 4 nitrogen and oxygen atoms in total. The number of hydrogen-bond acceptors (Lipinski definition) is 6. The van der Waals surface area contributed by atoms with Gasteiger partial charge in [0, 0.05) is 47.6 Å². The fraction of sp³-hybridized carbons (Fsp3) is 0.238. The number of nitrogens with one attached hydrogen (secondary N) is 1. The molecule has 0 amide bonds. The van der Waals surface area contributed by atoms with Crippen LogP contribution in [0.2, 0.25) is 0 Å². The van der Waals surface area contributed by atoms with Crippen molar-refractivity contribution < 1.29 is 4.39 Å². The zero-order valence-corrected chi connectivity index (χ0v) is 17.0. The Labute approximate surface area is 172 Å². The van der Waals surface area contributed by atoms with E-state index in [0.717, 1.165) is 47.0 Å². The second-order valence-electron chi connectivity index (χ2n) is 6.51. The van der Waals surface area contributed by atoms with E-state index >= 15 is 0 Å². The molecule has 0 unspecified atom stereocenters. The average Bonchev–Trinajstić information content (AvgIpc) is 3.20. The average molecular weight is 413 g/mol. The first-order valence-corrected chi connectivity index (χ1v) is 11.2. The van der Waals surface area contributed by atoms with Crippen LogP contribution in [0.25, 0.3) is 11.3 Å². The lowest BCUT2D eigenvalue weighted by molar-refractivity contribution is 0.290. The SMILES string of the molecule is Fc1cc(C=NNc2nc(-c3ccccc3)cs2)ccc1CN1CCSCC1. The summed E-state index contributed by atoms with van der Waals surface area (Å²) in [4.78, 5) is 6.82. The summed E-state index contributed by atoms with van der Waals surface area (Å²) in [6.07, 6.45) is 1.62. The number of hydrogen-bond donors (Lipinski definition) is 1. The lowest BCUT2D eigenvalue weighted by Gasteiger charge is -2.26. The van der Waals surface area contributed by atoms with Crippen LogP contribution in [0.3, 0.4) is 0 Å². The van der Waals surface area contributed by atoms with Gasteiger partial charge in [-0.15, -0.1) is 11.3 Å². The monoisotopic (exact) mass is 412 g/mol. The second-order valence-corrected chi connectivity index (χ2v) is 8.60. The fourth-order valence-corrected chi connectivity index (χ4v) is 4.65. The van der Waals surface area contributed by atoms with Crippen molar-refractivity contribution >= 4 is 34.4 Å². The summed E-state index contributed by atoms with van der Waals surface area (Å²) >= 11 is 3.45. The molecule has 1 aromatic heterocycles. The Kier molecular flexibility index (Phi) is 6.36. The van der Waals surface area contributed by atoms with Gasteiger partial charge in [-0.1, -0.05) is 42.5 Å². The summed E-state index contributed by atoms with van der Waals surface area (Å²) in [6, 6.07) is 15.3. The number of thiazole rings is 1. The molecule has 0 spiro atoms. The van der Waals surface area contributed by atoms with Gasteiger partial charge in [0.15, 0.2) is 0 Å². The van der Waals surface area contributed by atoms with Crippen molar-refractivity contribution in [2.75, 3.05) is 30.0 Å². The fourth-order valence-electron chi connectivity index (χ4n) is 3.00. The third-order valence-corrected chi connectivity index (χ3v) is 6.21. The Morgan fingerprint density at radius 3 is 2.75 bits per heavy atom. The molecule has 28 heavy (non-hydrogen) atoms. The minimum absolute atomic E-state index is 0.178. The maximum Gasteiger partial charge on any atom is 0.203 e. The molecule has 2 aromatic carbocycles. The zero-order chi connectivity index (χ0) is 19.2. The Morgan fingerprint density at radius 1 is 1.14 bits per heavy atom. The van der Waals surface area contributed by atoms with Crippen LogP contribution in [-0.4, -0.2) is 40.7 Å². The van der Waals surface area contributed by atoms with Gasteiger partial charge in [-0.3, -0.25) is 10.3 Å². The lowest BCUT2D eigenvalue weighted by atomic mass is 10.1. The molecule has 0 atom stereocenters. The van der Waals surface area contributed by atoms with Crippen molar-refractivity contribution in [2.45, 2.75) is 6.54 Å². The maximum absolute atomic E-state index is 14.4. The Bertz CT molecular complexity index is 937. The van der Waals surface area contributed by atoms with E-state index in [4.69, 9.17) is 0 Å². The highest BCUT2D eigenvalue weighted by atomic mass is 32.2. The Hall–Kier alpha value is -2.22. The lowest BCUT2D eigenvalue weighted by Crippen LogP contribution is -2.32. The summed E-state index contributed by atoms with van der Waals surface area (Å²) < 4.78 is 14.4. The molecule has 0 aliphatic carbocycles. The van der Waals surface area contributed by atoms with E-state index in [9.17, 15) is 4.39 Å². The van der Waals surface area contributed by atoms with Gasteiger partial charge >= 0.3 is 0 Å². The predicted octanol–water partition coefficient (Wildman–Crippen LogP) is 4.94. The molecule has 1 saturated heterocycles. The van der Waals surface area contributed by atoms with Gasteiger partial charge in [-0.05, 0) is 11.6 Å². The number of anilines is 1. The predicted molar refractivity (Wildman–Crippen MR) is 118 cm³/mol. The largest absolute Gasteiger partial charge is 0.297 e. The summed E-state index contributed by atoms with van der Waals surface area (Å²) in [5.74, 6) is 2.07. The van der Waals surface area contributed by atoms with E-state index < -0.39 is 0 Å². The van der Waals surface area contributed by atoms with E-state index in [1.807, 2.05) is 59.6 Å². The second kappa shape index (κ2) is 9.32. The van der Waals surface area contributed by atoms with E-state index in [2.05, 4.69) is 20.4 Å². The van der Waals surface area contributed by atoms with E-state index in [0.29, 0.717) is 11.7 Å². The zero-order valence-electron chi connectivity index (χ0n) is 15.3. The van der Waals surface area contributed by atoms with E-state index in [-0.39, 0.29) is 5.82 Å². The van der Waals surface area contributed by atoms with Crippen molar-refractivity contribution in [1.82, 2.24) is 9.88 Å². The molecule has 1 aliphatic rings. The standard InChI is InChI=1S/C21H21FN4S2/c22-19-12-16(6-7-18(19)14-26-8-10-27-11-9-26)13-23-25-21-24-20(15-28-21)17-4-2-1-3-5-17/h1-7,12-13,15H,8-11,14H2,(H,24,25). The van der Waals surface area contributed by atoms with Crippen LogP contribution in [0.4, 0.5) is 9.52 Å². The molecule has 1 aliphatic heterocycles. The molecule has 4 rings (SSSR count). The third-order valence-electron chi connectivity index (χ3n) is 4.52. The molecule has 3 aromatic rings. The van der Waals surface area contributed by atoms with Crippen molar-refractivity contribution in [3.8, 4) is 11.3 Å². The molecule has 7 heteroatoms. The van der Waals surface area contributed by atoms with Gasteiger partial charge < -0.3 is 0 Å². The van der Waals surface area contributed by atoms with Crippen LogP contribution >= 0.6 is 23.1 Å². The van der Waals surface area contributed by atoms with Gasteiger partial charge in [0.25, 0.3) is 0 Å². The van der Waals surface area contributed by atoms with E-state index in [1.54, 1.807) is 6.21 Å². The van der Waals surface area contributed by atoms with Crippen LogP contribution in [-0.2, 0) is 6.54 Å². The molecular weight excluding hydrogens is 391 g/mol. The summed E-state index contributed by atoms with van der Waals surface area (Å²) in [5, 5.41) is 6.89. The number of hydrazone groups is 1. The summed E-state index contributed by atoms with van der Waals surface area (Å²) in [6.45, 7) is 2.72. The van der Waals surface area contributed by atoms with Gasteiger partial charge in [-0.2, -0.15) is 16.9 Å². The van der Waals surface area contributed by atoms with Crippen LogP contribution in [0, 0.1) is 5.82 Å². The Morgan fingerprint density at radius 2 is 1.96 bits per heavy atom. The van der Waals surface area contributed by atoms with Gasteiger partial charge in [0.1, 0.15) is 5.82 Å². The summed E-state index contributed by atoms with van der Waals surface area (Å²) in [7, 11) is 0. The van der Waals surface area contributed by atoms with Crippen LogP contribution in [0.15, 0.2) is 59.0 Å². The number of rotatable bonds is 6. The highest BCUT2D eigenvalue weighted by molar-refractivity contribution is 7.99. The van der Waals surface area contributed by atoms with Gasteiger partial charge in [-0.25, -0.2) is 9.37 Å². The first-order valence-electron chi connectivity index (χ1n) is 9.16. The number of benzene rings is 2. The Balaban J connectivity index is 1.36. The molecule has 0 saturated carbocycles. The van der Waals surface area contributed by atoms with Crippen molar-refractivity contribution in [1.29, 1.82) is 0 Å². The quantitative estimate of drug-likeness (QED) is 0.460. The molecular formula is C21H21FN4S2. The van der Waals surface area contributed by atoms with Crippen LogP contribution in [0.5, 0.6) is 0 Å². The molecule has 1 fully saturated rings. The molecule has 144 valence electrons. The number of halogens is 1. The normalized spacial score (nSPS) is 15.2. The molecule has 2 heterocycles. The first-order chi connectivity index (χ1) is 13.8. The van der Waals surface area contributed by atoms with Crippen LogP contribution < -0.4 is 5.43 Å². The molecule has 1 N–H and O–H groups in total. The van der Waals surface area contributed by atoms with E-state index in [1.165, 1.54) is 17.4 Å². The van der Waals surface area contributed by atoms with Crippen molar-refractivity contribution in [3.63, 3.8) is 0 Å². The highest BCUT2D eigenvalue weighted by Gasteiger charge is 2.13. The number of aromatic nitrogens is 1. The smallest absolute Gasteiger partial charge is 0.203 e. The molecule has 0 bridgehead atoms. The third kappa shape index (κ3) is 4.98. The van der Waals surface area contributed by atoms with Crippen molar-refractivity contribution in [2.24, 2.45) is 5.10 Å². The number of nitrogens with zero attached hydrogens (tertiary/aromatic N) is 3. The maximum atomic E-state index is 14.4. The minimum atomic E-state index is -0.178.